The maximum atomic E-state index is 5.72. The maximum absolute atomic E-state index is 5.72. The molecule has 2 aromatic rings. The number of benzene rings is 1. The van der Waals surface area contributed by atoms with Gasteiger partial charge in [0.25, 0.3) is 0 Å². The largest absolute Gasteiger partial charge is 0.490 e. The number of hydrogen-bond donors (Lipinski definition) is 0. The molecule has 0 saturated carbocycles. The molecule has 1 atom stereocenters. The van der Waals surface area contributed by atoms with Gasteiger partial charge in [-0.15, -0.1) is 11.3 Å². The molecule has 0 bridgehead atoms. The molecule has 1 fully saturated rings. The number of thiazole rings is 1. The van der Waals surface area contributed by atoms with Crippen molar-refractivity contribution in [2.24, 2.45) is 0 Å². The second kappa shape index (κ2) is 4.23. The van der Waals surface area contributed by atoms with Crippen LogP contribution in [-0.4, -0.2) is 24.3 Å². The van der Waals surface area contributed by atoms with Crippen molar-refractivity contribution in [2.45, 2.75) is 6.10 Å². The zero-order valence-electron chi connectivity index (χ0n) is 8.63. The van der Waals surface area contributed by atoms with E-state index in [0.29, 0.717) is 6.61 Å². The Morgan fingerprint density at radius 1 is 1.44 bits per heavy atom. The van der Waals surface area contributed by atoms with Crippen LogP contribution in [0.2, 0.25) is 0 Å². The van der Waals surface area contributed by atoms with Crippen LogP contribution in [0, 0.1) is 0 Å². The summed E-state index contributed by atoms with van der Waals surface area (Å²) in [6, 6.07) is 7.96. The van der Waals surface area contributed by atoms with E-state index >= 15 is 0 Å². The van der Waals surface area contributed by atoms with E-state index in [1.807, 2.05) is 35.2 Å². The molecule has 16 heavy (non-hydrogen) atoms. The van der Waals surface area contributed by atoms with Gasteiger partial charge in [0.05, 0.1) is 17.8 Å². The van der Waals surface area contributed by atoms with Crippen LogP contribution in [0.5, 0.6) is 5.75 Å². The Hall–Kier alpha value is -1.39. The van der Waals surface area contributed by atoms with E-state index in [-0.39, 0.29) is 6.10 Å². The van der Waals surface area contributed by atoms with Crippen LogP contribution in [0.15, 0.2) is 35.2 Å². The van der Waals surface area contributed by atoms with Gasteiger partial charge in [0.2, 0.25) is 0 Å². The summed E-state index contributed by atoms with van der Waals surface area (Å²) in [5.74, 6) is 0.879. The van der Waals surface area contributed by atoms with Crippen LogP contribution in [0.1, 0.15) is 0 Å². The smallest absolute Gasteiger partial charge is 0.128 e. The van der Waals surface area contributed by atoms with Crippen LogP contribution in [0.3, 0.4) is 0 Å². The third kappa shape index (κ3) is 2.08. The number of nitrogens with zero attached hydrogens (tertiary/aromatic N) is 1. The van der Waals surface area contributed by atoms with E-state index in [4.69, 9.17) is 9.47 Å². The first-order valence-corrected chi connectivity index (χ1v) is 6.10. The second-order valence-electron chi connectivity index (χ2n) is 3.64. The fraction of sp³-hybridized carbons (Fsp3) is 0.250. The fourth-order valence-corrected chi connectivity index (χ4v) is 2.05. The van der Waals surface area contributed by atoms with Crippen molar-refractivity contribution in [3.05, 3.63) is 35.2 Å². The quantitative estimate of drug-likeness (QED) is 0.761. The zero-order chi connectivity index (χ0) is 10.8. The van der Waals surface area contributed by atoms with Gasteiger partial charge in [-0.2, -0.15) is 0 Å². The molecule has 0 unspecified atom stereocenters. The Labute approximate surface area is 97.7 Å². The summed E-state index contributed by atoms with van der Waals surface area (Å²) >= 11 is 1.59. The molecule has 2 heterocycles. The Balaban J connectivity index is 1.85. The van der Waals surface area contributed by atoms with Crippen molar-refractivity contribution < 1.29 is 9.47 Å². The van der Waals surface area contributed by atoms with Gasteiger partial charge in [0.15, 0.2) is 0 Å². The van der Waals surface area contributed by atoms with Crippen LogP contribution in [-0.2, 0) is 4.74 Å². The topological polar surface area (TPSA) is 34.6 Å². The minimum atomic E-state index is 0.281. The average molecular weight is 233 g/mol. The summed E-state index contributed by atoms with van der Waals surface area (Å²) in [4.78, 5) is 4.30. The van der Waals surface area contributed by atoms with Crippen LogP contribution < -0.4 is 4.74 Å². The standard InChI is InChI=1S/C12H11NO2S/c1-2-4-12(15-6-9-5-14-9)10(3-1)11-7-16-8-13-11/h1-4,7-9H,5-6H2/t9-/m0/s1. The Kier molecular flexibility index (Phi) is 2.60. The lowest BCUT2D eigenvalue weighted by molar-refractivity contribution is 0.264. The monoisotopic (exact) mass is 233 g/mol. The van der Waals surface area contributed by atoms with Gasteiger partial charge in [-0.05, 0) is 12.1 Å². The number of epoxide rings is 1. The molecule has 3 nitrogen and oxygen atoms in total. The van der Waals surface area contributed by atoms with Crippen molar-refractivity contribution in [3.8, 4) is 17.0 Å². The van der Waals surface area contributed by atoms with E-state index < -0.39 is 0 Å². The highest BCUT2D eigenvalue weighted by Gasteiger charge is 2.23. The van der Waals surface area contributed by atoms with E-state index in [2.05, 4.69) is 4.98 Å². The fourth-order valence-electron chi connectivity index (χ4n) is 1.50. The second-order valence-corrected chi connectivity index (χ2v) is 4.35. The number of aromatic nitrogens is 1. The van der Waals surface area contributed by atoms with E-state index in [1.54, 1.807) is 11.3 Å². The van der Waals surface area contributed by atoms with E-state index in [0.717, 1.165) is 23.6 Å². The lowest BCUT2D eigenvalue weighted by Crippen LogP contribution is -2.04. The predicted molar refractivity (Wildman–Crippen MR) is 62.8 cm³/mol. The molecule has 1 saturated heterocycles. The average Bonchev–Trinajstić information content (AvgIpc) is 3.00. The molecule has 1 aromatic heterocycles. The summed E-state index contributed by atoms with van der Waals surface area (Å²) in [6.45, 7) is 1.44. The number of rotatable bonds is 4. The normalized spacial score (nSPS) is 18.4. The lowest BCUT2D eigenvalue weighted by atomic mass is 10.1. The summed E-state index contributed by atoms with van der Waals surface area (Å²) in [7, 11) is 0. The Bertz CT molecular complexity index is 466. The number of ether oxygens (including phenoxy) is 2. The molecular weight excluding hydrogens is 222 g/mol. The summed E-state index contributed by atoms with van der Waals surface area (Å²) < 4.78 is 10.8. The van der Waals surface area contributed by atoms with Gasteiger partial charge in [-0.3, -0.25) is 0 Å². The first kappa shape index (κ1) is 9.81. The van der Waals surface area contributed by atoms with Gasteiger partial charge >= 0.3 is 0 Å². The van der Waals surface area contributed by atoms with Gasteiger partial charge in [-0.1, -0.05) is 12.1 Å². The summed E-state index contributed by atoms with van der Waals surface area (Å²) in [6.07, 6.45) is 0.281. The van der Waals surface area contributed by atoms with Crippen LogP contribution in [0.25, 0.3) is 11.3 Å². The van der Waals surface area contributed by atoms with Crippen molar-refractivity contribution in [2.75, 3.05) is 13.2 Å². The molecule has 1 aliphatic heterocycles. The molecule has 3 rings (SSSR count). The van der Waals surface area contributed by atoms with Crippen LogP contribution in [0.4, 0.5) is 0 Å². The van der Waals surface area contributed by atoms with Crippen molar-refractivity contribution in [1.82, 2.24) is 4.98 Å². The highest BCUT2D eigenvalue weighted by atomic mass is 32.1. The minimum absolute atomic E-state index is 0.281. The van der Waals surface area contributed by atoms with Gasteiger partial charge in [-0.25, -0.2) is 4.98 Å². The van der Waals surface area contributed by atoms with Crippen molar-refractivity contribution in [1.29, 1.82) is 0 Å². The molecule has 82 valence electrons. The summed E-state index contributed by atoms with van der Waals surface area (Å²) in [5.41, 5.74) is 3.84. The molecular formula is C12H11NO2S. The minimum Gasteiger partial charge on any atom is -0.490 e. The molecule has 1 aliphatic rings. The van der Waals surface area contributed by atoms with Crippen LogP contribution >= 0.6 is 11.3 Å². The van der Waals surface area contributed by atoms with Gasteiger partial charge in [0.1, 0.15) is 18.5 Å². The third-order valence-electron chi connectivity index (χ3n) is 2.42. The molecule has 0 N–H and O–H groups in total. The first-order valence-electron chi connectivity index (χ1n) is 5.15. The van der Waals surface area contributed by atoms with Crippen molar-refractivity contribution in [3.63, 3.8) is 0 Å². The maximum Gasteiger partial charge on any atom is 0.128 e. The van der Waals surface area contributed by atoms with E-state index in [1.165, 1.54) is 0 Å². The molecule has 0 radical (unpaired) electrons. The highest BCUT2D eigenvalue weighted by molar-refractivity contribution is 7.07. The highest BCUT2D eigenvalue weighted by Crippen LogP contribution is 2.29. The van der Waals surface area contributed by atoms with Gasteiger partial charge < -0.3 is 9.47 Å². The molecule has 0 amide bonds. The number of hydrogen-bond acceptors (Lipinski definition) is 4. The zero-order valence-corrected chi connectivity index (χ0v) is 9.44. The Morgan fingerprint density at radius 2 is 2.31 bits per heavy atom. The SMILES string of the molecule is c1ccc(-c2cscn2)c(OC[C@@H]2CO2)c1. The first-order chi connectivity index (χ1) is 7.93. The summed E-state index contributed by atoms with van der Waals surface area (Å²) in [5, 5.41) is 2.02. The molecule has 1 aromatic carbocycles. The van der Waals surface area contributed by atoms with Crippen molar-refractivity contribution >= 4 is 11.3 Å². The number of para-hydroxylation sites is 1. The van der Waals surface area contributed by atoms with Gasteiger partial charge in [0, 0.05) is 10.9 Å². The molecule has 4 heteroatoms. The lowest BCUT2D eigenvalue weighted by Gasteiger charge is -2.08. The van der Waals surface area contributed by atoms with E-state index in [9.17, 15) is 0 Å². The molecule has 0 aliphatic carbocycles. The predicted octanol–water partition coefficient (Wildman–Crippen LogP) is 2.59. The third-order valence-corrected chi connectivity index (χ3v) is 3.01. The Morgan fingerprint density at radius 3 is 3.06 bits per heavy atom. The molecule has 0 spiro atoms.